The SMILES string of the molecule is CC(=O)c1ccc(NCc2cnn(-c3ccccc3)c2)c([N+](=O)[O-])c1. The van der Waals surface area contributed by atoms with E-state index in [4.69, 9.17) is 0 Å². The summed E-state index contributed by atoms with van der Waals surface area (Å²) in [4.78, 5) is 22.1. The van der Waals surface area contributed by atoms with Crippen LogP contribution in [0.3, 0.4) is 0 Å². The van der Waals surface area contributed by atoms with Crippen LogP contribution >= 0.6 is 0 Å². The van der Waals surface area contributed by atoms with Crippen molar-refractivity contribution in [3.63, 3.8) is 0 Å². The molecule has 0 aliphatic heterocycles. The van der Waals surface area contributed by atoms with Crippen LogP contribution in [0.1, 0.15) is 22.8 Å². The van der Waals surface area contributed by atoms with Crippen LogP contribution < -0.4 is 5.32 Å². The van der Waals surface area contributed by atoms with Gasteiger partial charge in [0.15, 0.2) is 5.78 Å². The fourth-order valence-electron chi connectivity index (χ4n) is 2.42. The number of nitro benzene ring substituents is 1. The molecule has 25 heavy (non-hydrogen) atoms. The zero-order valence-electron chi connectivity index (χ0n) is 13.5. The highest BCUT2D eigenvalue weighted by atomic mass is 16.6. The van der Waals surface area contributed by atoms with E-state index in [-0.39, 0.29) is 11.5 Å². The van der Waals surface area contributed by atoms with Crippen molar-refractivity contribution in [2.24, 2.45) is 0 Å². The fourth-order valence-corrected chi connectivity index (χ4v) is 2.42. The fraction of sp³-hybridized carbons (Fsp3) is 0.111. The van der Waals surface area contributed by atoms with E-state index in [1.165, 1.54) is 13.0 Å². The van der Waals surface area contributed by atoms with E-state index in [9.17, 15) is 14.9 Å². The number of carbonyl (C=O) groups excluding carboxylic acids is 1. The van der Waals surface area contributed by atoms with Gasteiger partial charge in [0, 0.05) is 29.9 Å². The normalized spacial score (nSPS) is 10.4. The average molecular weight is 336 g/mol. The summed E-state index contributed by atoms with van der Waals surface area (Å²) in [6.07, 6.45) is 3.56. The molecule has 0 atom stereocenters. The third-order valence-electron chi connectivity index (χ3n) is 3.74. The summed E-state index contributed by atoms with van der Waals surface area (Å²) in [5, 5.41) is 18.6. The van der Waals surface area contributed by atoms with Crippen molar-refractivity contribution in [3.05, 3.63) is 82.2 Å². The second-order valence-electron chi connectivity index (χ2n) is 5.53. The van der Waals surface area contributed by atoms with E-state index in [1.54, 1.807) is 23.0 Å². The van der Waals surface area contributed by atoms with Crippen LogP contribution in [0.25, 0.3) is 5.69 Å². The zero-order valence-corrected chi connectivity index (χ0v) is 13.5. The van der Waals surface area contributed by atoms with Gasteiger partial charge in [-0.1, -0.05) is 18.2 Å². The number of hydrogen-bond acceptors (Lipinski definition) is 5. The van der Waals surface area contributed by atoms with Gasteiger partial charge in [-0.05, 0) is 31.2 Å². The molecule has 7 nitrogen and oxygen atoms in total. The Morgan fingerprint density at radius 3 is 2.68 bits per heavy atom. The van der Waals surface area contributed by atoms with Crippen LogP contribution in [0.5, 0.6) is 0 Å². The number of Topliss-reactive ketones (excluding diaryl/α,β-unsaturated/α-hetero) is 1. The number of aromatic nitrogens is 2. The van der Waals surface area contributed by atoms with Gasteiger partial charge in [-0.3, -0.25) is 14.9 Å². The molecule has 7 heteroatoms. The molecule has 0 amide bonds. The Morgan fingerprint density at radius 2 is 2.00 bits per heavy atom. The lowest BCUT2D eigenvalue weighted by Crippen LogP contribution is -2.04. The molecule has 0 aliphatic rings. The molecule has 1 N–H and O–H groups in total. The van der Waals surface area contributed by atoms with Crippen LogP contribution in [0.4, 0.5) is 11.4 Å². The number of nitrogens with zero attached hydrogens (tertiary/aromatic N) is 3. The Kier molecular flexibility index (Phi) is 4.56. The Hall–Kier alpha value is -3.48. The molecule has 1 heterocycles. The Balaban J connectivity index is 1.77. The van der Waals surface area contributed by atoms with Crippen molar-refractivity contribution in [3.8, 4) is 5.69 Å². The lowest BCUT2D eigenvalue weighted by Gasteiger charge is -2.07. The first kappa shape index (κ1) is 16.4. The number of carbonyl (C=O) groups is 1. The predicted molar refractivity (Wildman–Crippen MR) is 94.0 cm³/mol. The van der Waals surface area contributed by atoms with E-state index >= 15 is 0 Å². The van der Waals surface area contributed by atoms with E-state index in [0.717, 1.165) is 11.3 Å². The Morgan fingerprint density at radius 1 is 1.24 bits per heavy atom. The molecular weight excluding hydrogens is 320 g/mol. The lowest BCUT2D eigenvalue weighted by atomic mass is 10.1. The van der Waals surface area contributed by atoms with Gasteiger partial charge >= 0.3 is 0 Å². The Labute approximate surface area is 144 Å². The quantitative estimate of drug-likeness (QED) is 0.422. The maximum atomic E-state index is 11.4. The smallest absolute Gasteiger partial charge is 0.293 e. The molecule has 0 radical (unpaired) electrons. The summed E-state index contributed by atoms with van der Waals surface area (Å²) in [5.74, 6) is -0.209. The first-order valence-corrected chi connectivity index (χ1v) is 7.67. The van der Waals surface area contributed by atoms with Gasteiger partial charge in [0.1, 0.15) is 5.69 Å². The third-order valence-corrected chi connectivity index (χ3v) is 3.74. The molecule has 0 fully saturated rings. The van der Waals surface area contributed by atoms with Crippen molar-refractivity contribution in [2.75, 3.05) is 5.32 Å². The summed E-state index contributed by atoms with van der Waals surface area (Å²) < 4.78 is 1.74. The molecule has 0 bridgehead atoms. The van der Waals surface area contributed by atoms with Crippen LogP contribution in [-0.4, -0.2) is 20.5 Å². The molecule has 0 spiro atoms. The largest absolute Gasteiger partial charge is 0.375 e. The minimum absolute atomic E-state index is 0.122. The highest BCUT2D eigenvalue weighted by molar-refractivity contribution is 5.95. The lowest BCUT2D eigenvalue weighted by molar-refractivity contribution is -0.384. The maximum absolute atomic E-state index is 11.4. The van der Waals surface area contributed by atoms with Gasteiger partial charge in [-0.25, -0.2) is 4.68 Å². The van der Waals surface area contributed by atoms with E-state index in [0.29, 0.717) is 17.8 Å². The van der Waals surface area contributed by atoms with E-state index < -0.39 is 4.92 Å². The molecule has 0 aliphatic carbocycles. The van der Waals surface area contributed by atoms with Crippen LogP contribution in [0.15, 0.2) is 60.9 Å². The highest BCUT2D eigenvalue weighted by Crippen LogP contribution is 2.26. The van der Waals surface area contributed by atoms with Crippen molar-refractivity contribution < 1.29 is 9.72 Å². The molecule has 3 aromatic rings. The van der Waals surface area contributed by atoms with Crippen molar-refractivity contribution >= 4 is 17.2 Å². The summed E-state index contributed by atoms with van der Waals surface area (Å²) in [6.45, 7) is 1.76. The van der Waals surface area contributed by atoms with Gasteiger partial charge in [-0.15, -0.1) is 0 Å². The topological polar surface area (TPSA) is 90.1 Å². The first-order chi connectivity index (χ1) is 12.0. The Bertz CT molecular complexity index is 919. The summed E-state index contributed by atoms with van der Waals surface area (Å²) in [6, 6.07) is 14.1. The average Bonchev–Trinajstić information content (AvgIpc) is 3.09. The van der Waals surface area contributed by atoms with E-state index in [2.05, 4.69) is 10.4 Å². The molecule has 0 saturated carbocycles. The third kappa shape index (κ3) is 3.72. The van der Waals surface area contributed by atoms with Gasteiger partial charge in [0.25, 0.3) is 5.69 Å². The second kappa shape index (κ2) is 6.96. The number of nitro groups is 1. The van der Waals surface area contributed by atoms with Gasteiger partial charge < -0.3 is 5.32 Å². The summed E-state index contributed by atoms with van der Waals surface area (Å²) >= 11 is 0. The van der Waals surface area contributed by atoms with Crippen LogP contribution in [0.2, 0.25) is 0 Å². The number of ketones is 1. The van der Waals surface area contributed by atoms with Gasteiger partial charge in [-0.2, -0.15) is 5.10 Å². The minimum Gasteiger partial charge on any atom is -0.375 e. The zero-order chi connectivity index (χ0) is 17.8. The molecule has 0 saturated heterocycles. The number of anilines is 1. The van der Waals surface area contributed by atoms with E-state index in [1.807, 2.05) is 36.5 Å². The number of para-hydroxylation sites is 1. The van der Waals surface area contributed by atoms with Crippen LogP contribution in [0, 0.1) is 10.1 Å². The molecule has 0 unspecified atom stereocenters. The molecular formula is C18H16N4O3. The number of rotatable bonds is 6. The number of hydrogen-bond donors (Lipinski definition) is 1. The molecule has 126 valence electrons. The standard InChI is InChI=1S/C18H16N4O3/c1-13(23)15-7-8-17(18(9-15)22(24)25)19-10-14-11-20-21(12-14)16-5-3-2-4-6-16/h2-9,11-12,19H,10H2,1H3. The van der Waals surface area contributed by atoms with Crippen LogP contribution in [-0.2, 0) is 6.54 Å². The van der Waals surface area contributed by atoms with Crippen molar-refractivity contribution in [1.82, 2.24) is 9.78 Å². The number of nitrogens with one attached hydrogen (secondary N) is 1. The number of benzene rings is 2. The molecule has 3 rings (SSSR count). The summed E-state index contributed by atoms with van der Waals surface area (Å²) in [7, 11) is 0. The maximum Gasteiger partial charge on any atom is 0.293 e. The van der Waals surface area contributed by atoms with Gasteiger partial charge in [0.2, 0.25) is 0 Å². The highest BCUT2D eigenvalue weighted by Gasteiger charge is 2.16. The van der Waals surface area contributed by atoms with Crippen molar-refractivity contribution in [2.45, 2.75) is 13.5 Å². The second-order valence-corrected chi connectivity index (χ2v) is 5.53. The minimum atomic E-state index is -0.498. The van der Waals surface area contributed by atoms with Gasteiger partial charge in [0.05, 0.1) is 16.8 Å². The first-order valence-electron chi connectivity index (χ1n) is 7.67. The predicted octanol–water partition coefficient (Wildman–Crippen LogP) is 3.60. The monoisotopic (exact) mass is 336 g/mol. The van der Waals surface area contributed by atoms with Crippen molar-refractivity contribution in [1.29, 1.82) is 0 Å². The molecule has 2 aromatic carbocycles. The molecule has 1 aromatic heterocycles. The summed E-state index contributed by atoms with van der Waals surface area (Å²) in [5.41, 5.74) is 2.37.